The third-order valence-corrected chi connectivity index (χ3v) is 4.63. The van der Waals surface area contributed by atoms with Crippen molar-refractivity contribution in [1.82, 2.24) is 10.3 Å². The Kier molecular flexibility index (Phi) is 5.83. The average molecular weight is 416 g/mol. The lowest BCUT2D eigenvalue weighted by molar-refractivity contribution is -0.137. The maximum absolute atomic E-state index is 12.8. The lowest BCUT2D eigenvalue weighted by Gasteiger charge is -2.06. The topological polar surface area (TPSA) is 63.2 Å². The number of benzene rings is 2. The van der Waals surface area contributed by atoms with Gasteiger partial charge in [0, 0.05) is 0 Å². The molecule has 0 radical (unpaired) electrons. The Morgan fingerprint density at radius 3 is 2.67 bits per heavy atom. The molecule has 5 nitrogen and oxygen atoms in total. The Morgan fingerprint density at radius 1 is 1.22 bits per heavy atom. The number of para-hydroxylation sites is 1. The van der Waals surface area contributed by atoms with E-state index in [4.69, 9.17) is 16.3 Å². The number of hydrogen-bond acceptors (Lipinski definition) is 6. The highest BCUT2D eigenvalue weighted by Gasteiger charge is 2.31. The van der Waals surface area contributed by atoms with Gasteiger partial charge >= 0.3 is 12.1 Å². The molecule has 0 amide bonds. The van der Waals surface area contributed by atoms with Crippen molar-refractivity contribution >= 4 is 44.3 Å². The molecule has 0 aliphatic carbocycles. The van der Waals surface area contributed by atoms with Crippen molar-refractivity contribution in [2.24, 2.45) is 0 Å². The predicted molar refractivity (Wildman–Crippen MR) is 98.2 cm³/mol. The number of halogens is 4. The van der Waals surface area contributed by atoms with Crippen molar-refractivity contribution in [3.63, 3.8) is 0 Å². The predicted octanol–water partition coefficient (Wildman–Crippen LogP) is 4.53. The van der Waals surface area contributed by atoms with Gasteiger partial charge in [0.05, 0.1) is 28.5 Å². The minimum atomic E-state index is -4.48. The minimum absolute atomic E-state index is 0.0498. The molecule has 0 unspecified atom stereocenters. The molecule has 3 rings (SSSR count). The molecule has 142 valence electrons. The molecule has 10 heteroatoms. The second-order valence-electron chi connectivity index (χ2n) is 5.39. The first kappa shape index (κ1) is 19.4. The summed E-state index contributed by atoms with van der Waals surface area (Å²) in [6.45, 7) is 0.124. The van der Waals surface area contributed by atoms with Crippen molar-refractivity contribution in [2.45, 2.75) is 6.18 Å². The third kappa shape index (κ3) is 5.09. The summed E-state index contributed by atoms with van der Waals surface area (Å²) < 4.78 is 43.9. The van der Waals surface area contributed by atoms with E-state index in [0.717, 1.165) is 23.5 Å². The van der Waals surface area contributed by atoms with Crippen molar-refractivity contribution in [3.8, 4) is 5.75 Å². The number of aromatic nitrogens is 1. The molecular weight excluding hydrogens is 403 g/mol. The van der Waals surface area contributed by atoms with Gasteiger partial charge in [-0.3, -0.25) is 10.1 Å². The van der Waals surface area contributed by atoms with E-state index < -0.39 is 17.7 Å². The van der Waals surface area contributed by atoms with Crippen LogP contribution in [0.3, 0.4) is 0 Å². The van der Waals surface area contributed by atoms with Crippen molar-refractivity contribution < 1.29 is 22.7 Å². The standard InChI is InChI=1S/C17H13ClF3N3O2S/c18-12-6-10(17(19,20)21)7-13-15(12)24-16(27-13)23-9-22-8-14(25)26-11-4-2-1-3-5-11/h1-7,22H,8-9H2,(H,23,24). The molecule has 0 bridgehead atoms. The Labute approximate surface area is 161 Å². The highest BCUT2D eigenvalue weighted by Crippen LogP contribution is 2.38. The van der Waals surface area contributed by atoms with Gasteiger partial charge in [-0.2, -0.15) is 13.2 Å². The normalized spacial score (nSPS) is 11.6. The summed E-state index contributed by atoms with van der Waals surface area (Å²) in [4.78, 5) is 15.9. The van der Waals surface area contributed by atoms with Gasteiger partial charge in [-0.05, 0) is 24.3 Å². The fraction of sp³-hybridized carbons (Fsp3) is 0.176. The fourth-order valence-corrected chi connectivity index (χ4v) is 3.43. The van der Waals surface area contributed by atoms with Crippen molar-refractivity contribution in [3.05, 3.63) is 53.1 Å². The molecule has 0 aliphatic rings. The molecule has 1 heterocycles. The van der Waals surface area contributed by atoms with Crippen LogP contribution >= 0.6 is 22.9 Å². The van der Waals surface area contributed by atoms with E-state index in [2.05, 4.69) is 15.6 Å². The van der Waals surface area contributed by atoms with Gasteiger partial charge < -0.3 is 10.1 Å². The highest BCUT2D eigenvalue weighted by molar-refractivity contribution is 7.22. The summed E-state index contributed by atoms with van der Waals surface area (Å²) in [5.74, 6) is -0.0243. The lowest BCUT2D eigenvalue weighted by atomic mass is 10.2. The molecule has 27 heavy (non-hydrogen) atoms. The maximum Gasteiger partial charge on any atom is 0.416 e. The first-order chi connectivity index (χ1) is 12.8. The van der Waals surface area contributed by atoms with E-state index in [1.807, 2.05) is 0 Å². The summed E-state index contributed by atoms with van der Waals surface area (Å²) in [5.41, 5.74) is -0.530. The molecule has 2 aromatic carbocycles. The van der Waals surface area contributed by atoms with Gasteiger partial charge in [0.15, 0.2) is 5.13 Å². The van der Waals surface area contributed by atoms with E-state index in [-0.39, 0.29) is 18.2 Å². The number of esters is 1. The smallest absolute Gasteiger partial charge is 0.416 e. The summed E-state index contributed by atoms with van der Waals surface area (Å²) >= 11 is 6.94. The van der Waals surface area contributed by atoms with Crippen LogP contribution in [0.1, 0.15) is 5.56 Å². The Hall–Kier alpha value is -2.36. The van der Waals surface area contributed by atoms with Crippen LogP contribution in [0.2, 0.25) is 5.02 Å². The molecule has 2 N–H and O–H groups in total. The summed E-state index contributed by atoms with van der Waals surface area (Å²) in [6.07, 6.45) is -4.48. The number of alkyl halides is 3. The zero-order valence-electron chi connectivity index (χ0n) is 13.6. The van der Waals surface area contributed by atoms with Crippen LogP contribution in [-0.2, 0) is 11.0 Å². The van der Waals surface area contributed by atoms with Crippen LogP contribution in [0.15, 0.2) is 42.5 Å². The molecular formula is C17H13ClF3N3O2S. The van der Waals surface area contributed by atoms with Gasteiger partial charge in [0.1, 0.15) is 11.3 Å². The number of rotatable bonds is 6. The number of hydrogen-bond donors (Lipinski definition) is 2. The van der Waals surface area contributed by atoms with Crippen molar-refractivity contribution in [2.75, 3.05) is 18.5 Å². The highest BCUT2D eigenvalue weighted by atomic mass is 35.5. The van der Waals surface area contributed by atoms with Crippen molar-refractivity contribution in [1.29, 1.82) is 0 Å². The third-order valence-electron chi connectivity index (χ3n) is 3.38. The minimum Gasteiger partial charge on any atom is -0.426 e. The van der Waals surface area contributed by atoms with Gasteiger partial charge in [-0.15, -0.1) is 0 Å². The van der Waals surface area contributed by atoms with E-state index in [1.165, 1.54) is 0 Å². The maximum atomic E-state index is 12.8. The number of ether oxygens (including phenoxy) is 1. The molecule has 1 aromatic heterocycles. The quantitative estimate of drug-likeness (QED) is 0.268. The number of nitrogens with one attached hydrogen (secondary N) is 2. The number of fused-ring (bicyclic) bond motifs is 1. The van der Waals surface area contributed by atoms with Gasteiger partial charge in [-0.1, -0.05) is 41.1 Å². The number of thiazole rings is 1. The van der Waals surface area contributed by atoms with Crippen LogP contribution in [0.25, 0.3) is 10.2 Å². The molecule has 0 spiro atoms. The molecule has 0 fully saturated rings. The van der Waals surface area contributed by atoms with Gasteiger partial charge in [0.25, 0.3) is 0 Å². The van der Waals surface area contributed by atoms with Crippen LogP contribution in [-0.4, -0.2) is 24.2 Å². The van der Waals surface area contributed by atoms with Crippen LogP contribution < -0.4 is 15.4 Å². The fourth-order valence-electron chi connectivity index (χ4n) is 2.19. The van der Waals surface area contributed by atoms with Crippen LogP contribution in [0.5, 0.6) is 5.75 Å². The molecule has 3 aromatic rings. The summed E-state index contributed by atoms with van der Waals surface area (Å²) in [6, 6.07) is 10.5. The van der Waals surface area contributed by atoms with Gasteiger partial charge in [0.2, 0.25) is 0 Å². The second kappa shape index (κ2) is 8.12. The monoisotopic (exact) mass is 415 g/mol. The first-order valence-electron chi connectivity index (χ1n) is 7.70. The number of nitrogens with zero attached hydrogens (tertiary/aromatic N) is 1. The zero-order chi connectivity index (χ0) is 19.4. The van der Waals surface area contributed by atoms with Gasteiger partial charge in [-0.25, -0.2) is 4.98 Å². The molecule has 0 aliphatic heterocycles. The Bertz CT molecular complexity index is 948. The first-order valence-corrected chi connectivity index (χ1v) is 8.90. The zero-order valence-corrected chi connectivity index (χ0v) is 15.2. The van der Waals surface area contributed by atoms with E-state index >= 15 is 0 Å². The largest absolute Gasteiger partial charge is 0.426 e. The van der Waals surface area contributed by atoms with E-state index in [0.29, 0.717) is 21.1 Å². The summed E-state index contributed by atoms with van der Waals surface area (Å²) in [7, 11) is 0. The van der Waals surface area contributed by atoms with E-state index in [9.17, 15) is 18.0 Å². The summed E-state index contributed by atoms with van der Waals surface area (Å²) in [5, 5.41) is 6.02. The number of carbonyl (C=O) groups excluding carboxylic acids is 1. The van der Waals surface area contributed by atoms with E-state index in [1.54, 1.807) is 30.3 Å². The Balaban J connectivity index is 1.54. The second-order valence-corrected chi connectivity index (χ2v) is 6.83. The average Bonchev–Trinajstić information content (AvgIpc) is 3.02. The molecule has 0 atom stereocenters. The number of anilines is 1. The van der Waals surface area contributed by atoms with Crippen LogP contribution in [0, 0.1) is 0 Å². The SMILES string of the molecule is O=C(CNCNc1nc2c(Cl)cc(C(F)(F)F)cc2s1)Oc1ccccc1. The number of carbonyl (C=O) groups is 1. The molecule has 0 saturated heterocycles. The Morgan fingerprint density at radius 2 is 1.96 bits per heavy atom. The lowest BCUT2D eigenvalue weighted by Crippen LogP contribution is -2.30. The molecule has 0 saturated carbocycles. The van der Waals surface area contributed by atoms with Crippen LogP contribution in [0.4, 0.5) is 18.3 Å².